The molecule has 1 N–H and O–H groups in total. The molecule has 0 amide bonds. The number of hydrogen-bond acceptors (Lipinski definition) is 2. The summed E-state index contributed by atoms with van der Waals surface area (Å²) in [7, 11) is 1.62. The Balaban J connectivity index is 2.30. The fourth-order valence-corrected chi connectivity index (χ4v) is 1.64. The highest BCUT2D eigenvalue weighted by molar-refractivity contribution is 5.35. The summed E-state index contributed by atoms with van der Waals surface area (Å²) in [6, 6.07) is 17.0. The average Bonchev–Trinajstić information content (AvgIpc) is 2.39. The molecule has 0 bridgehead atoms. The van der Waals surface area contributed by atoms with Crippen LogP contribution in [0.1, 0.15) is 17.2 Å². The van der Waals surface area contributed by atoms with Gasteiger partial charge in [-0.3, -0.25) is 0 Å². The molecule has 0 saturated heterocycles. The van der Waals surface area contributed by atoms with Crippen LogP contribution in [0.3, 0.4) is 0 Å². The SMILES string of the molecule is COc1cccc([C@@H](O)c2ccccc2)c1. The van der Waals surface area contributed by atoms with E-state index in [4.69, 9.17) is 4.74 Å². The van der Waals surface area contributed by atoms with E-state index >= 15 is 0 Å². The summed E-state index contributed by atoms with van der Waals surface area (Å²) in [5.41, 5.74) is 1.72. The lowest BCUT2D eigenvalue weighted by Gasteiger charge is -2.12. The average molecular weight is 214 g/mol. The molecule has 2 heteroatoms. The lowest BCUT2D eigenvalue weighted by Crippen LogP contribution is -1.99. The normalized spacial score (nSPS) is 12.1. The molecule has 0 aromatic heterocycles. The van der Waals surface area contributed by atoms with Crippen molar-refractivity contribution >= 4 is 0 Å². The molecule has 2 aromatic rings. The maximum atomic E-state index is 10.2. The minimum absolute atomic E-state index is 0.601. The summed E-state index contributed by atoms with van der Waals surface area (Å²) < 4.78 is 5.13. The molecule has 0 aliphatic carbocycles. The van der Waals surface area contributed by atoms with Gasteiger partial charge in [-0.2, -0.15) is 0 Å². The van der Waals surface area contributed by atoms with E-state index < -0.39 is 6.10 Å². The molecular weight excluding hydrogens is 200 g/mol. The Bertz CT molecular complexity index is 451. The van der Waals surface area contributed by atoms with Crippen molar-refractivity contribution in [3.8, 4) is 5.75 Å². The van der Waals surface area contributed by atoms with Gasteiger partial charge in [-0.25, -0.2) is 0 Å². The van der Waals surface area contributed by atoms with Gasteiger partial charge in [-0.05, 0) is 23.3 Å². The van der Waals surface area contributed by atoms with E-state index in [0.717, 1.165) is 16.9 Å². The molecule has 0 aliphatic heterocycles. The summed E-state index contributed by atoms with van der Waals surface area (Å²) in [4.78, 5) is 0. The number of methoxy groups -OCH3 is 1. The molecular formula is C14H14O2. The van der Waals surface area contributed by atoms with Crippen LogP contribution in [0.2, 0.25) is 0 Å². The van der Waals surface area contributed by atoms with Crippen LogP contribution >= 0.6 is 0 Å². The smallest absolute Gasteiger partial charge is 0.119 e. The van der Waals surface area contributed by atoms with Crippen LogP contribution in [-0.2, 0) is 0 Å². The number of rotatable bonds is 3. The zero-order chi connectivity index (χ0) is 11.4. The summed E-state index contributed by atoms with van der Waals surface area (Å²) in [5.74, 6) is 0.757. The van der Waals surface area contributed by atoms with Gasteiger partial charge in [0.05, 0.1) is 7.11 Å². The molecule has 0 saturated carbocycles. The molecule has 0 heterocycles. The van der Waals surface area contributed by atoms with Crippen molar-refractivity contribution in [1.82, 2.24) is 0 Å². The molecule has 1 atom stereocenters. The van der Waals surface area contributed by atoms with Gasteiger partial charge >= 0.3 is 0 Å². The Morgan fingerprint density at radius 1 is 0.938 bits per heavy atom. The zero-order valence-corrected chi connectivity index (χ0v) is 9.13. The standard InChI is InChI=1S/C14H14O2/c1-16-13-9-5-8-12(10-13)14(15)11-6-3-2-4-7-11/h2-10,14-15H,1H3/t14-/m0/s1. The molecule has 0 radical (unpaired) electrons. The number of hydrogen-bond donors (Lipinski definition) is 1. The first kappa shape index (κ1) is 10.7. The first-order valence-electron chi connectivity index (χ1n) is 5.18. The maximum absolute atomic E-state index is 10.2. The third kappa shape index (κ3) is 2.23. The maximum Gasteiger partial charge on any atom is 0.119 e. The molecule has 0 spiro atoms. The van der Waals surface area contributed by atoms with Crippen molar-refractivity contribution in [2.24, 2.45) is 0 Å². The summed E-state index contributed by atoms with van der Waals surface area (Å²) in [6.07, 6.45) is -0.601. The third-order valence-electron chi connectivity index (χ3n) is 2.52. The molecule has 82 valence electrons. The number of benzene rings is 2. The molecule has 0 aliphatic rings. The quantitative estimate of drug-likeness (QED) is 0.851. The van der Waals surface area contributed by atoms with Crippen LogP contribution in [0.25, 0.3) is 0 Å². The van der Waals surface area contributed by atoms with Gasteiger partial charge in [0.1, 0.15) is 11.9 Å². The fraction of sp³-hybridized carbons (Fsp3) is 0.143. The highest BCUT2D eigenvalue weighted by Gasteiger charge is 2.09. The van der Waals surface area contributed by atoms with E-state index in [9.17, 15) is 5.11 Å². The Morgan fingerprint density at radius 2 is 1.62 bits per heavy atom. The first-order valence-corrected chi connectivity index (χ1v) is 5.18. The topological polar surface area (TPSA) is 29.5 Å². The molecule has 2 aromatic carbocycles. The van der Waals surface area contributed by atoms with E-state index in [0.29, 0.717) is 0 Å². The van der Waals surface area contributed by atoms with Crippen LogP contribution in [-0.4, -0.2) is 12.2 Å². The first-order chi connectivity index (χ1) is 7.81. The predicted octanol–water partition coefficient (Wildman–Crippen LogP) is 2.78. The number of ether oxygens (including phenoxy) is 1. The van der Waals surface area contributed by atoms with Crippen molar-refractivity contribution in [1.29, 1.82) is 0 Å². The Hall–Kier alpha value is -1.80. The van der Waals surface area contributed by atoms with Crippen LogP contribution < -0.4 is 4.74 Å². The second-order valence-electron chi connectivity index (χ2n) is 3.59. The van der Waals surface area contributed by atoms with Crippen molar-refractivity contribution in [3.63, 3.8) is 0 Å². The lowest BCUT2D eigenvalue weighted by atomic mass is 10.0. The Labute approximate surface area is 95.1 Å². The molecule has 0 unspecified atom stereocenters. The van der Waals surface area contributed by atoms with Crippen molar-refractivity contribution < 1.29 is 9.84 Å². The van der Waals surface area contributed by atoms with Gasteiger partial charge in [-0.1, -0.05) is 42.5 Å². The van der Waals surface area contributed by atoms with Gasteiger partial charge in [-0.15, -0.1) is 0 Å². The monoisotopic (exact) mass is 214 g/mol. The molecule has 0 fully saturated rings. The highest BCUT2D eigenvalue weighted by Crippen LogP contribution is 2.24. The lowest BCUT2D eigenvalue weighted by molar-refractivity contribution is 0.220. The molecule has 2 rings (SSSR count). The predicted molar refractivity (Wildman–Crippen MR) is 63.5 cm³/mol. The van der Waals surface area contributed by atoms with E-state index in [1.54, 1.807) is 7.11 Å². The Morgan fingerprint density at radius 3 is 2.31 bits per heavy atom. The molecule has 16 heavy (non-hydrogen) atoms. The van der Waals surface area contributed by atoms with Crippen LogP contribution in [0, 0.1) is 0 Å². The minimum atomic E-state index is -0.601. The fourth-order valence-electron chi connectivity index (χ4n) is 1.64. The van der Waals surface area contributed by atoms with Gasteiger partial charge < -0.3 is 9.84 Å². The number of aliphatic hydroxyl groups is 1. The third-order valence-corrected chi connectivity index (χ3v) is 2.52. The van der Waals surface area contributed by atoms with Gasteiger partial charge in [0.15, 0.2) is 0 Å². The van der Waals surface area contributed by atoms with E-state index in [2.05, 4.69) is 0 Å². The zero-order valence-electron chi connectivity index (χ0n) is 9.13. The van der Waals surface area contributed by atoms with Crippen molar-refractivity contribution in [2.75, 3.05) is 7.11 Å². The molecule has 2 nitrogen and oxygen atoms in total. The van der Waals surface area contributed by atoms with Crippen LogP contribution in [0.15, 0.2) is 54.6 Å². The van der Waals surface area contributed by atoms with Gasteiger partial charge in [0.2, 0.25) is 0 Å². The van der Waals surface area contributed by atoms with Crippen molar-refractivity contribution in [2.45, 2.75) is 6.10 Å². The van der Waals surface area contributed by atoms with Crippen LogP contribution in [0.4, 0.5) is 0 Å². The number of aliphatic hydroxyl groups excluding tert-OH is 1. The summed E-state index contributed by atoms with van der Waals surface area (Å²) >= 11 is 0. The Kier molecular flexibility index (Phi) is 3.22. The second-order valence-corrected chi connectivity index (χ2v) is 3.59. The van der Waals surface area contributed by atoms with Crippen molar-refractivity contribution in [3.05, 3.63) is 65.7 Å². The van der Waals surface area contributed by atoms with Crippen LogP contribution in [0.5, 0.6) is 5.75 Å². The van der Waals surface area contributed by atoms with E-state index in [-0.39, 0.29) is 0 Å². The van der Waals surface area contributed by atoms with Gasteiger partial charge in [0.25, 0.3) is 0 Å². The summed E-state index contributed by atoms with van der Waals surface area (Å²) in [6.45, 7) is 0. The van der Waals surface area contributed by atoms with Gasteiger partial charge in [0, 0.05) is 0 Å². The largest absolute Gasteiger partial charge is 0.497 e. The minimum Gasteiger partial charge on any atom is -0.497 e. The highest BCUT2D eigenvalue weighted by atomic mass is 16.5. The van der Waals surface area contributed by atoms with E-state index in [1.807, 2.05) is 54.6 Å². The van der Waals surface area contributed by atoms with E-state index in [1.165, 1.54) is 0 Å². The second kappa shape index (κ2) is 4.81. The summed E-state index contributed by atoms with van der Waals surface area (Å²) in [5, 5.41) is 10.2.